The maximum absolute atomic E-state index is 13.2. The van der Waals surface area contributed by atoms with E-state index in [0.717, 1.165) is 54.7 Å². The highest BCUT2D eigenvalue weighted by Gasteiger charge is 2.19. The van der Waals surface area contributed by atoms with E-state index in [0.29, 0.717) is 5.82 Å². The summed E-state index contributed by atoms with van der Waals surface area (Å²) in [5.41, 5.74) is 2.73. The number of hydrogen-bond acceptors (Lipinski definition) is 4. The van der Waals surface area contributed by atoms with Crippen molar-refractivity contribution in [3.8, 4) is 11.3 Å². The lowest BCUT2D eigenvalue weighted by molar-refractivity contribution is 0.434. The number of aromatic nitrogens is 2. The van der Waals surface area contributed by atoms with Crippen LogP contribution in [0.15, 0.2) is 60.7 Å². The Morgan fingerprint density at radius 2 is 1.67 bits per heavy atom. The van der Waals surface area contributed by atoms with E-state index in [9.17, 15) is 4.39 Å². The Labute approximate surface area is 159 Å². The Kier molecular flexibility index (Phi) is 5.01. The summed E-state index contributed by atoms with van der Waals surface area (Å²) in [6.45, 7) is 4.23. The Bertz CT molecular complexity index is 888. The Morgan fingerprint density at radius 1 is 0.963 bits per heavy atom. The first-order valence-electron chi connectivity index (χ1n) is 9.39. The van der Waals surface area contributed by atoms with Gasteiger partial charge in [-0.2, -0.15) is 4.98 Å². The molecule has 2 heterocycles. The fourth-order valence-corrected chi connectivity index (χ4v) is 3.29. The molecule has 0 amide bonds. The van der Waals surface area contributed by atoms with Crippen LogP contribution in [0.25, 0.3) is 11.3 Å². The molecule has 2 aromatic carbocycles. The summed E-state index contributed by atoms with van der Waals surface area (Å²) in [6, 6.07) is 18.3. The first-order chi connectivity index (χ1) is 13.2. The van der Waals surface area contributed by atoms with Crippen molar-refractivity contribution in [2.45, 2.75) is 19.8 Å². The Morgan fingerprint density at radius 3 is 2.37 bits per heavy atom. The normalized spacial score (nSPS) is 15.0. The highest BCUT2D eigenvalue weighted by molar-refractivity contribution is 5.67. The van der Waals surface area contributed by atoms with Crippen molar-refractivity contribution in [1.29, 1.82) is 0 Å². The summed E-state index contributed by atoms with van der Waals surface area (Å²) < 4.78 is 13.2. The first-order valence-corrected chi connectivity index (χ1v) is 9.39. The molecule has 1 fully saturated rings. The summed E-state index contributed by atoms with van der Waals surface area (Å²) in [7, 11) is 0. The molecule has 0 aliphatic carbocycles. The van der Waals surface area contributed by atoms with Crippen molar-refractivity contribution in [2.24, 2.45) is 5.92 Å². The third kappa shape index (κ3) is 4.25. The lowest BCUT2D eigenvalue weighted by atomic mass is 10.00. The summed E-state index contributed by atoms with van der Waals surface area (Å²) in [6.07, 6.45) is 2.30. The van der Waals surface area contributed by atoms with Crippen molar-refractivity contribution < 1.29 is 4.39 Å². The SMILES string of the molecule is CC1CCN(c2nc(Nc3ccc(F)cc3)cc(-c3ccccc3)n2)CC1. The largest absolute Gasteiger partial charge is 0.341 e. The number of rotatable bonds is 4. The van der Waals surface area contributed by atoms with Crippen molar-refractivity contribution in [1.82, 2.24) is 9.97 Å². The van der Waals surface area contributed by atoms with Crippen molar-refractivity contribution in [3.05, 3.63) is 66.5 Å². The van der Waals surface area contributed by atoms with Crippen LogP contribution in [0, 0.1) is 11.7 Å². The molecule has 1 aliphatic rings. The number of halogens is 1. The smallest absolute Gasteiger partial charge is 0.227 e. The highest BCUT2D eigenvalue weighted by atomic mass is 19.1. The molecule has 27 heavy (non-hydrogen) atoms. The topological polar surface area (TPSA) is 41.1 Å². The zero-order chi connectivity index (χ0) is 18.6. The molecule has 0 atom stereocenters. The molecule has 0 unspecified atom stereocenters. The van der Waals surface area contributed by atoms with Crippen LogP contribution in [0.3, 0.4) is 0 Å². The molecule has 138 valence electrons. The summed E-state index contributed by atoms with van der Waals surface area (Å²) >= 11 is 0. The summed E-state index contributed by atoms with van der Waals surface area (Å²) in [5.74, 6) is 1.95. The van der Waals surface area contributed by atoms with Gasteiger partial charge in [-0.15, -0.1) is 0 Å². The highest BCUT2D eigenvalue weighted by Crippen LogP contribution is 2.27. The van der Waals surface area contributed by atoms with Crippen molar-refractivity contribution in [3.63, 3.8) is 0 Å². The van der Waals surface area contributed by atoms with Crippen molar-refractivity contribution >= 4 is 17.5 Å². The van der Waals surface area contributed by atoms with Gasteiger partial charge in [-0.25, -0.2) is 9.37 Å². The molecule has 3 aromatic rings. The van der Waals surface area contributed by atoms with Gasteiger partial charge in [0.15, 0.2) is 0 Å². The van der Waals surface area contributed by atoms with Crippen molar-refractivity contribution in [2.75, 3.05) is 23.3 Å². The lowest BCUT2D eigenvalue weighted by Crippen LogP contribution is -2.34. The third-order valence-electron chi connectivity index (χ3n) is 4.97. The summed E-state index contributed by atoms with van der Waals surface area (Å²) in [4.78, 5) is 11.8. The molecule has 0 saturated carbocycles. The predicted molar refractivity (Wildman–Crippen MR) is 108 cm³/mol. The Balaban J connectivity index is 1.69. The molecule has 0 bridgehead atoms. The second-order valence-corrected chi connectivity index (χ2v) is 7.11. The van der Waals surface area contributed by atoms with Crippen LogP contribution in [0.2, 0.25) is 0 Å². The van der Waals surface area contributed by atoms with Gasteiger partial charge in [-0.1, -0.05) is 37.3 Å². The maximum Gasteiger partial charge on any atom is 0.227 e. The number of benzene rings is 2. The van der Waals surface area contributed by atoms with E-state index in [4.69, 9.17) is 9.97 Å². The lowest BCUT2D eigenvalue weighted by Gasteiger charge is -2.30. The van der Waals surface area contributed by atoms with E-state index in [1.807, 2.05) is 36.4 Å². The molecular weight excluding hydrogens is 339 g/mol. The van der Waals surface area contributed by atoms with Gasteiger partial charge in [0, 0.05) is 30.4 Å². The second kappa shape index (κ2) is 7.74. The quantitative estimate of drug-likeness (QED) is 0.687. The van der Waals surface area contributed by atoms with Crippen LogP contribution in [0.1, 0.15) is 19.8 Å². The zero-order valence-corrected chi connectivity index (χ0v) is 15.4. The minimum atomic E-state index is -0.253. The standard InChI is InChI=1S/C22H23FN4/c1-16-11-13-27(14-12-16)22-25-20(17-5-3-2-4-6-17)15-21(26-22)24-19-9-7-18(23)8-10-19/h2-10,15-16H,11-14H2,1H3,(H,24,25,26). The predicted octanol–water partition coefficient (Wildman–Crippen LogP) is 5.26. The Hall–Kier alpha value is -2.95. The van der Waals surface area contributed by atoms with E-state index in [1.54, 1.807) is 12.1 Å². The van der Waals surface area contributed by atoms with Crippen LogP contribution >= 0.6 is 0 Å². The maximum atomic E-state index is 13.2. The molecule has 0 spiro atoms. The zero-order valence-electron chi connectivity index (χ0n) is 15.4. The molecule has 1 aromatic heterocycles. The van der Waals surface area contributed by atoms with Gasteiger partial charge in [0.25, 0.3) is 0 Å². The molecule has 1 N–H and O–H groups in total. The number of anilines is 3. The van der Waals surface area contributed by atoms with Gasteiger partial charge >= 0.3 is 0 Å². The van der Waals surface area contributed by atoms with E-state index in [2.05, 4.69) is 17.1 Å². The fraction of sp³-hybridized carbons (Fsp3) is 0.273. The molecule has 4 nitrogen and oxygen atoms in total. The van der Waals surface area contributed by atoms with Crippen LogP contribution < -0.4 is 10.2 Å². The number of nitrogens with zero attached hydrogens (tertiary/aromatic N) is 3. The second-order valence-electron chi connectivity index (χ2n) is 7.11. The van der Waals surface area contributed by atoms with Crippen LogP contribution in [-0.4, -0.2) is 23.1 Å². The molecular formula is C22H23FN4. The van der Waals surface area contributed by atoms with Gasteiger partial charge in [0.2, 0.25) is 5.95 Å². The fourth-order valence-electron chi connectivity index (χ4n) is 3.29. The van der Waals surface area contributed by atoms with Gasteiger partial charge in [-0.3, -0.25) is 0 Å². The minimum absolute atomic E-state index is 0.253. The number of piperidine rings is 1. The van der Waals surface area contributed by atoms with E-state index in [-0.39, 0.29) is 5.82 Å². The average Bonchev–Trinajstić information content (AvgIpc) is 2.71. The van der Waals surface area contributed by atoms with Crippen LogP contribution in [-0.2, 0) is 0 Å². The van der Waals surface area contributed by atoms with E-state index in [1.165, 1.54) is 12.1 Å². The monoisotopic (exact) mass is 362 g/mol. The molecule has 4 rings (SSSR count). The molecule has 1 aliphatic heterocycles. The minimum Gasteiger partial charge on any atom is -0.341 e. The summed E-state index contributed by atoms with van der Waals surface area (Å²) in [5, 5.41) is 3.29. The van der Waals surface area contributed by atoms with Gasteiger partial charge in [0.1, 0.15) is 11.6 Å². The van der Waals surface area contributed by atoms with Crippen LogP contribution in [0.5, 0.6) is 0 Å². The molecule has 0 radical (unpaired) electrons. The third-order valence-corrected chi connectivity index (χ3v) is 4.97. The van der Waals surface area contributed by atoms with Gasteiger partial charge < -0.3 is 10.2 Å². The van der Waals surface area contributed by atoms with E-state index < -0.39 is 0 Å². The van der Waals surface area contributed by atoms with E-state index >= 15 is 0 Å². The van der Waals surface area contributed by atoms with Gasteiger partial charge in [0.05, 0.1) is 5.69 Å². The van der Waals surface area contributed by atoms with Gasteiger partial charge in [-0.05, 0) is 43.0 Å². The molecule has 5 heteroatoms. The molecule has 1 saturated heterocycles. The average molecular weight is 362 g/mol. The number of nitrogens with one attached hydrogen (secondary N) is 1. The number of hydrogen-bond donors (Lipinski definition) is 1. The van der Waals surface area contributed by atoms with Crippen LogP contribution in [0.4, 0.5) is 21.8 Å². The first kappa shape index (κ1) is 17.5.